The van der Waals surface area contributed by atoms with Crippen molar-refractivity contribution in [3.8, 4) is 0 Å². The molecule has 0 aliphatic carbocycles. The number of rotatable bonds is 12. The van der Waals surface area contributed by atoms with E-state index in [0.717, 1.165) is 24.0 Å². The van der Waals surface area contributed by atoms with Crippen LogP contribution in [0.2, 0.25) is 0 Å². The van der Waals surface area contributed by atoms with Gasteiger partial charge in [0.05, 0.1) is 17.7 Å². The summed E-state index contributed by atoms with van der Waals surface area (Å²) in [7, 11) is 0. The zero-order valence-electron chi connectivity index (χ0n) is 17.6. The number of hydrogen-bond donors (Lipinski definition) is 0. The molecule has 0 saturated heterocycles. The standard InChI is InChI=1S/C25H32O4/c1-3-4-5-6-7-8-9-17-28-24(26)22-13-15-23(16-14-22)25(27)29-19-21-12-10-11-20(2)18-21/h10-16,18H,3-9,17,19H2,1-2H3. The number of unbranched alkanes of at least 4 members (excludes halogenated alkanes) is 6. The van der Waals surface area contributed by atoms with E-state index in [1.165, 1.54) is 32.1 Å². The van der Waals surface area contributed by atoms with E-state index < -0.39 is 5.97 Å². The summed E-state index contributed by atoms with van der Waals surface area (Å²) in [5.74, 6) is -0.759. The molecule has 2 aromatic rings. The monoisotopic (exact) mass is 396 g/mol. The van der Waals surface area contributed by atoms with Gasteiger partial charge in [0.25, 0.3) is 0 Å². The maximum absolute atomic E-state index is 12.2. The van der Waals surface area contributed by atoms with Gasteiger partial charge >= 0.3 is 11.9 Å². The van der Waals surface area contributed by atoms with E-state index in [4.69, 9.17) is 9.47 Å². The first-order valence-electron chi connectivity index (χ1n) is 10.6. The third-order valence-corrected chi connectivity index (χ3v) is 4.79. The molecule has 29 heavy (non-hydrogen) atoms. The Morgan fingerprint density at radius 1 is 0.759 bits per heavy atom. The van der Waals surface area contributed by atoms with Crippen LogP contribution in [0.1, 0.15) is 83.7 Å². The molecule has 0 N–H and O–H groups in total. The zero-order chi connectivity index (χ0) is 20.9. The van der Waals surface area contributed by atoms with Crippen LogP contribution in [-0.4, -0.2) is 18.5 Å². The highest BCUT2D eigenvalue weighted by Crippen LogP contribution is 2.11. The van der Waals surface area contributed by atoms with E-state index in [0.29, 0.717) is 17.7 Å². The van der Waals surface area contributed by atoms with Crippen molar-refractivity contribution in [2.24, 2.45) is 0 Å². The van der Waals surface area contributed by atoms with E-state index in [9.17, 15) is 9.59 Å². The Balaban J connectivity index is 1.70. The molecular formula is C25H32O4. The molecule has 0 amide bonds. The molecule has 0 aromatic heterocycles. The molecule has 0 saturated carbocycles. The minimum absolute atomic E-state index is 0.225. The first kappa shape index (κ1) is 22.7. The fraction of sp³-hybridized carbons (Fsp3) is 0.440. The largest absolute Gasteiger partial charge is 0.462 e. The zero-order valence-corrected chi connectivity index (χ0v) is 17.6. The number of ether oxygens (including phenoxy) is 2. The molecule has 4 nitrogen and oxygen atoms in total. The average molecular weight is 397 g/mol. The topological polar surface area (TPSA) is 52.6 Å². The van der Waals surface area contributed by atoms with Crippen LogP contribution in [0, 0.1) is 6.92 Å². The minimum atomic E-state index is -0.408. The lowest BCUT2D eigenvalue weighted by atomic mass is 10.1. The van der Waals surface area contributed by atoms with Gasteiger partial charge in [0.15, 0.2) is 0 Å². The van der Waals surface area contributed by atoms with Crippen LogP contribution >= 0.6 is 0 Å². The number of benzene rings is 2. The molecule has 4 heteroatoms. The summed E-state index contributed by atoms with van der Waals surface area (Å²) < 4.78 is 10.7. The lowest BCUT2D eigenvalue weighted by molar-refractivity contribution is 0.0466. The second kappa shape index (κ2) is 12.8. The van der Waals surface area contributed by atoms with Crippen LogP contribution in [0.25, 0.3) is 0 Å². The third kappa shape index (κ3) is 8.51. The summed E-state index contributed by atoms with van der Waals surface area (Å²) >= 11 is 0. The summed E-state index contributed by atoms with van der Waals surface area (Å²) in [4.78, 5) is 24.3. The lowest BCUT2D eigenvalue weighted by Gasteiger charge is -2.07. The Kier molecular flexibility index (Phi) is 9.98. The maximum atomic E-state index is 12.2. The van der Waals surface area contributed by atoms with Crippen molar-refractivity contribution in [3.63, 3.8) is 0 Å². The minimum Gasteiger partial charge on any atom is -0.462 e. The van der Waals surface area contributed by atoms with Crippen LogP contribution < -0.4 is 0 Å². The van der Waals surface area contributed by atoms with E-state index in [1.54, 1.807) is 24.3 Å². The first-order valence-corrected chi connectivity index (χ1v) is 10.6. The molecule has 0 fully saturated rings. The van der Waals surface area contributed by atoms with Crippen molar-refractivity contribution in [2.75, 3.05) is 6.61 Å². The highest BCUT2D eigenvalue weighted by Gasteiger charge is 2.11. The van der Waals surface area contributed by atoms with E-state index >= 15 is 0 Å². The second-order valence-electron chi connectivity index (χ2n) is 7.40. The van der Waals surface area contributed by atoms with Crippen molar-refractivity contribution in [3.05, 3.63) is 70.8 Å². The quantitative estimate of drug-likeness (QED) is 0.314. The number of esters is 2. The summed E-state index contributed by atoms with van der Waals surface area (Å²) in [6, 6.07) is 14.3. The predicted octanol–water partition coefficient (Wildman–Crippen LogP) is 6.26. The van der Waals surface area contributed by atoms with Crippen molar-refractivity contribution in [1.82, 2.24) is 0 Å². The molecule has 0 spiro atoms. The Labute approximate surface area is 174 Å². The van der Waals surface area contributed by atoms with Gasteiger partial charge in [0, 0.05) is 0 Å². The predicted molar refractivity (Wildman–Crippen MR) is 115 cm³/mol. The van der Waals surface area contributed by atoms with Gasteiger partial charge in [-0.05, 0) is 43.2 Å². The summed E-state index contributed by atoms with van der Waals surface area (Å²) in [5.41, 5.74) is 2.94. The molecule has 0 atom stereocenters. The Morgan fingerprint density at radius 2 is 1.34 bits per heavy atom. The summed E-state index contributed by atoms with van der Waals surface area (Å²) in [5, 5.41) is 0. The van der Waals surface area contributed by atoms with Gasteiger partial charge in [0.1, 0.15) is 6.61 Å². The molecule has 0 bridgehead atoms. The number of hydrogen-bond acceptors (Lipinski definition) is 4. The summed E-state index contributed by atoms with van der Waals surface area (Å²) in [6.45, 7) is 4.87. The van der Waals surface area contributed by atoms with Gasteiger partial charge in [-0.25, -0.2) is 9.59 Å². The average Bonchev–Trinajstić information content (AvgIpc) is 2.74. The van der Waals surface area contributed by atoms with Gasteiger partial charge in [0.2, 0.25) is 0 Å². The van der Waals surface area contributed by atoms with Crippen LogP contribution in [0.5, 0.6) is 0 Å². The molecule has 0 aliphatic rings. The van der Waals surface area contributed by atoms with Crippen molar-refractivity contribution in [2.45, 2.75) is 65.4 Å². The molecule has 2 rings (SSSR count). The molecule has 0 heterocycles. The van der Waals surface area contributed by atoms with E-state index in [-0.39, 0.29) is 12.6 Å². The van der Waals surface area contributed by atoms with Crippen LogP contribution in [-0.2, 0) is 16.1 Å². The SMILES string of the molecule is CCCCCCCCCOC(=O)c1ccc(C(=O)OCc2cccc(C)c2)cc1. The van der Waals surface area contributed by atoms with Crippen molar-refractivity contribution >= 4 is 11.9 Å². The smallest absolute Gasteiger partial charge is 0.338 e. The highest BCUT2D eigenvalue weighted by atomic mass is 16.5. The normalized spacial score (nSPS) is 10.6. The molecule has 0 radical (unpaired) electrons. The molecule has 0 aliphatic heterocycles. The van der Waals surface area contributed by atoms with Gasteiger partial charge in [-0.2, -0.15) is 0 Å². The van der Waals surface area contributed by atoms with Crippen LogP contribution in [0.15, 0.2) is 48.5 Å². The highest BCUT2D eigenvalue weighted by molar-refractivity contribution is 5.93. The maximum Gasteiger partial charge on any atom is 0.338 e. The van der Waals surface area contributed by atoms with E-state index in [2.05, 4.69) is 6.92 Å². The van der Waals surface area contributed by atoms with Crippen LogP contribution in [0.4, 0.5) is 0 Å². The van der Waals surface area contributed by atoms with Crippen molar-refractivity contribution in [1.29, 1.82) is 0 Å². The second-order valence-corrected chi connectivity index (χ2v) is 7.40. The number of carbonyl (C=O) groups is 2. The fourth-order valence-corrected chi connectivity index (χ4v) is 3.08. The molecule has 2 aromatic carbocycles. The molecule has 0 unspecified atom stereocenters. The van der Waals surface area contributed by atoms with Crippen LogP contribution in [0.3, 0.4) is 0 Å². The van der Waals surface area contributed by atoms with Gasteiger partial charge < -0.3 is 9.47 Å². The number of carbonyl (C=O) groups excluding carboxylic acids is 2. The Morgan fingerprint density at radius 3 is 1.97 bits per heavy atom. The summed E-state index contributed by atoms with van der Waals surface area (Å²) in [6.07, 6.45) is 8.26. The Bertz CT molecular complexity index is 765. The Hall–Kier alpha value is -2.62. The van der Waals surface area contributed by atoms with Gasteiger partial charge in [-0.1, -0.05) is 75.3 Å². The third-order valence-electron chi connectivity index (χ3n) is 4.79. The first-order chi connectivity index (χ1) is 14.1. The fourth-order valence-electron chi connectivity index (χ4n) is 3.08. The van der Waals surface area contributed by atoms with Gasteiger partial charge in [-0.15, -0.1) is 0 Å². The van der Waals surface area contributed by atoms with Gasteiger partial charge in [-0.3, -0.25) is 0 Å². The molecule has 156 valence electrons. The van der Waals surface area contributed by atoms with Crippen molar-refractivity contribution < 1.29 is 19.1 Å². The number of aryl methyl sites for hydroxylation is 1. The van der Waals surface area contributed by atoms with E-state index in [1.807, 2.05) is 31.2 Å². The lowest BCUT2D eigenvalue weighted by Crippen LogP contribution is -2.08. The molecular weight excluding hydrogens is 364 g/mol.